The molecule has 14 heavy (non-hydrogen) atoms. The second-order valence-electron chi connectivity index (χ2n) is 3.15. The van der Waals surface area contributed by atoms with Gasteiger partial charge in [0.2, 0.25) is 0 Å². The number of aliphatic hydroxyl groups is 2. The Morgan fingerprint density at radius 1 is 1.21 bits per heavy atom. The highest BCUT2D eigenvalue weighted by atomic mass is 16.3. The maximum atomic E-state index is 9.54. The van der Waals surface area contributed by atoms with E-state index in [0.717, 1.165) is 10.8 Å². The molecule has 2 N–H and O–H groups in total. The first-order chi connectivity index (χ1) is 6.83. The normalized spacial score (nSPS) is 13.0. The van der Waals surface area contributed by atoms with Crippen LogP contribution in [0.4, 0.5) is 0 Å². The molecule has 2 aromatic rings. The van der Waals surface area contributed by atoms with Crippen LogP contribution in [-0.4, -0.2) is 21.8 Å². The average Bonchev–Trinajstić information content (AvgIpc) is 2.27. The Balaban J connectivity index is 2.65. The highest BCUT2D eigenvalue weighted by molar-refractivity contribution is 5.84. The number of hydrogen-bond acceptors (Lipinski definition) is 3. The van der Waals surface area contributed by atoms with Gasteiger partial charge in [-0.05, 0) is 5.39 Å². The zero-order chi connectivity index (χ0) is 9.97. The molecule has 0 saturated carbocycles. The Morgan fingerprint density at radius 3 is 2.79 bits per heavy atom. The van der Waals surface area contributed by atoms with Crippen molar-refractivity contribution in [2.75, 3.05) is 6.61 Å². The van der Waals surface area contributed by atoms with Crippen molar-refractivity contribution < 1.29 is 10.2 Å². The van der Waals surface area contributed by atoms with Crippen LogP contribution in [0.2, 0.25) is 0 Å². The van der Waals surface area contributed by atoms with Gasteiger partial charge < -0.3 is 10.2 Å². The quantitative estimate of drug-likeness (QED) is 0.747. The van der Waals surface area contributed by atoms with E-state index in [1.165, 1.54) is 0 Å². The number of aliphatic hydroxyl groups excluding tert-OH is 2. The summed E-state index contributed by atoms with van der Waals surface area (Å²) in [5, 5.41) is 20.3. The monoisotopic (exact) mass is 189 g/mol. The summed E-state index contributed by atoms with van der Waals surface area (Å²) in [6.07, 6.45) is 2.47. The van der Waals surface area contributed by atoms with Crippen molar-refractivity contribution in [1.29, 1.82) is 0 Å². The Bertz CT molecular complexity index is 437. The molecule has 0 radical (unpaired) electrons. The number of aromatic nitrogens is 1. The van der Waals surface area contributed by atoms with Crippen LogP contribution in [-0.2, 0) is 0 Å². The smallest absolute Gasteiger partial charge is 0.104 e. The molecular weight excluding hydrogens is 178 g/mol. The van der Waals surface area contributed by atoms with E-state index < -0.39 is 6.10 Å². The fourth-order valence-corrected chi connectivity index (χ4v) is 1.50. The van der Waals surface area contributed by atoms with E-state index in [1.54, 1.807) is 12.4 Å². The number of nitrogens with zero attached hydrogens (tertiary/aromatic N) is 1. The third-order valence-corrected chi connectivity index (χ3v) is 2.23. The summed E-state index contributed by atoms with van der Waals surface area (Å²) in [6, 6.07) is 7.65. The van der Waals surface area contributed by atoms with Gasteiger partial charge in [-0.15, -0.1) is 0 Å². The molecule has 0 bridgehead atoms. The topological polar surface area (TPSA) is 53.4 Å². The second-order valence-corrected chi connectivity index (χ2v) is 3.15. The SMILES string of the molecule is OCC(O)c1cncc2ccccc12. The lowest BCUT2D eigenvalue weighted by molar-refractivity contribution is 0.0965. The Labute approximate surface area is 81.7 Å². The van der Waals surface area contributed by atoms with Gasteiger partial charge in [0.1, 0.15) is 6.10 Å². The Hall–Kier alpha value is -1.45. The summed E-state index contributed by atoms with van der Waals surface area (Å²) in [6.45, 7) is -0.282. The first kappa shape index (κ1) is 9.12. The van der Waals surface area contributed by atoms with Gasteiger partial charge >= 0.3 is 0 Å². The first-order valence-electron chi connectivity index (χ1n) is 4.44. The molecule has 2 rings (SSSR count). The van der Waals surface area contributed by atoms with Crippen LogP contribution in [0.3, 0.4) is 0 Å². The fourth-order valence-electron chi connectivity index (χ4n) is 1.50. The fraction of sp³-hybridized carbons (Fsp3) is 0.182. The minimum absolute atomic E-state index is 0.282. The number of fused-ring (bicyclic) bond motifs is 1. The number of pyridine rings is 1. The van der Waals surface area contributed by atoms with E-state index in [2.05, 4.69) is 4.98 Å². The molecule has 0 saturated heterocycles. The summed E-state index contributed by atoms with van der Waals surface area (Å²) in [5.41, 5.74) is 0.672. The van der Waals surface area contributed by atoms with Gasteiger partial charge in [-0.3, -0.25) is 4.98 Å². The maximum Gasteiger partial charge on any atom is 0.104 e. The van der Waals surface area contributed by atoms with Crippen molar-refractivity contribution in [3.8, 4) is 0 Å². The predicted molar refractivity (Wildman–Crippen MR) is 53.8 cm³/mol. The highest BCUT2D eigenvalue weighted by Gasteiger charge is 2.09. The minimum atomic E-state index is -0.853. The van der Waals surface area contributed by atoms with Crippen LogP contribution >= 0.6 is 0 Å². The summed E-state index contributed by atoms with van der Waals surface area (Å²) in [7, 11) is 0. The molecule has 1 aromatic carbocycles. The zero-order valence-electron chi connectivity index (χ0n) is 7.59. The van der Waals surface area contributed by atoms with E-state index >= 15 is 0 Å². The molecule has 1 atom stereocenters. The zero-order valence-corrected chi connectivity index (χ0v) is 7.59. The lowest BCUT2D eigenvalue weighted by atomic mass is 10.0. The molecule has 0 aliphatic carbocycles. The van der Waals surface area contributed by atoms with Crippen molar-refractivity contribution in [2.45, 2.75) is 6.10 Å². The number of rotatable bonds is 2. The van der Waals surface area contributed by atoms with Crippen LogP contribution in [0, 0.1) is 0 Å². The highest BCUT2D eigenvalue weighted by Crippen LogP contribution is 2.22. The first-order valence-corrected chi connectivity index (χ1v) is 4.44. The van der Waals surface area contributed by atoms with Gasteiger partial charge in [-0.2, -0.15) is 0 Å². The van der Waals surface area contributed by atoms with Crippen LogP contribution in [0.5, 0.6) is 0 Å². The summed E-state index contributed by atoms with van der Waals surface area (Å²) in [4.78, 5) is 4.01. The van der Waals surface area contributed by atoms with Gasteiger partial charge in [0.15, 0.2) is 0 Å². The largest absolute Gasteiger partial charge is 0.393 e. The van der Waals surface area contributed by atoms with Gasteiger partial charge in [0.05, 0.1) is 6.61 Å². The van der Waals surface area contributed by atoms with Crippen molar-refractivity contribution >= 4 is 10.8 Å². The molecule has 3 heteroatoms. The summed E-state index contributed by atoms with van der Waals surface area (Å²) >= 11 is 0. The third kappa shape index (κ3) is 1.47. The van der Waals surface area contributed by atoms with Crippen LogP contribution < -0.4 is 0 Å². The third-order valence-electron chi connectivity index (χ3n) is 2.23. The van der Waals surface area contributed by atoms with E-state index in [4.69, 9.17) is 5.11 Å². The van der Waals surface area contributed by atoms with E-state index in [1.807, 2.05) is 24.3 Å². The van der Waals surface area contributed by atoms with Gasteiger partial charge in [-0.1, -0.05) is 24.3 Å². The maximum absolute atomic E-state index is 9.54. The standard InChI is InChI=1S/C11H11NO2/c13-7-11(14)10-6-12-5-8-3-1-2-4-9(8)10/h1-6,11,13-14H,7H2. The Kier molecular flexibility index (Phi) is 2.43. The van der Waals surface area contributed by atoms with E-state index in [9.17, 15) is 5.11 Å². The summed E-state index contributed by atoms with van der Waals surface area (Å²) < 4.78 is 0. The van der Waals surface area contributed by atoms with Crippen LogP contribution in [0.25, 0.3) is 10.8 Å². The van der Waals surface area contributed by atoms with Crippen molar-refractivity contribution in [3.05, 3.63) is 42.2 Å². The molecule has 0 aliphatic rings. The minimum Gasteiger partial charge on any atom is -0.393 e. The molecule has 0 amide bonds. The van der Waals surface area contributed by atoms with E-state index in [0.29, 0.717) is 5.56 Å². The molecule has 0 fully saturated rings. The van der Waals surface area contributed by atoms with Crippen LogP contribution in [0.15, 0.2) is 36.7 Å². The molecule has 1 aromatic heterocycles. The average molecular weight is 189 g/mol. The molecule has 72 valence electrons. The second kappa shape index (κ2) is 3.74. The Morgan fingerprint density at radius 2 is 2.00 bits per heavy atom. The van der Waals surface area contributed by atoms with Crippen LogP contribution in [0.1, 0.15) is 11.7 Å². The molecule has 1 heterocycles. The number of benzene rings is 1. The molecular formula is C11H11NO2. The predicted octanol–water partition coefficient (Wildman–Crippen LogP) is 1.26. The molecule has 1 unspecified atom stereocenters. The molecule has 3 nitrogen and oxygen atoms in total. The summed E-state index contributed by atoms with van der Waals surface area (Å²) in [5.74, 6) is 0. The molecule has 0 aliphatic heterocycles. The van der Waals surface area contributed by atoms with Gasteiger partial charge in [0.25, 0.3) is 0 Å². The van der Waals surface area contributed by atoms with Gasteiger partial charge in [0, 0.05) is 23.3 Å². The van der Waals surface area contributed by atoms with Crippen molar-refractivity contribution in [2.24, 2.45) is 0 Å². The van der Waals surface area contributed by atoms with Crippen molar-refractivity contribution in [3.63, 3.8) is 0 Å². The lowest BCUT2D eigenvalue weighted by Gasteiger charge is -2.09. The van der Waals surface area contributed by atoms with Gasteiger partial charge in [-0.25, -0.2) is 0 Å². The van der Waals surface area contributed by atoms with E-state index in [-0.39, 0.29) is 6.61 Å². The lowest BCUT2D eigenvalue weighted by Crippen LogP contribution is -2.03. The van der Waals surface area contributed by atoms with Crippen molar-refractivity contribution in [1.82, 2.24) is 4.98 Å². The number of hydrogen-bond donors (Lipinski definition) is 2. The molecule has 0 spiro atoms.